The fraction of sp³-hybridized carbons (Fsp3) is 0.333. The number of imidazole rings is 1. The minimum Gasteiger partial charge on any atom is -0.469 e. The van der Waals surface area contributed by atoms with Gasteiger partial charge in [-0.1, -0.05) is 0 Å². The minimum atomic E-state index is -0.163. The van der Waals surface area contributed by atoms with Gasteiger partial charge in [0.05, 0.1) is 24.9 Å². The summed E-state index contributed by atoms with van der Waals surface area (Å²) in [4.78, 5) is 18.6. The summed E-state index contributed by atoms with van der Waals surface area (Å²) < 4.78 is 6.97. The van der Waals surface area contributed by atoms with Crippen molar-refractivity contribution in [2.45, 2.75) is 25.7 Å². The number of hydrogen-bond donors (Lipinski definition) is 0. The lowest BCUT2D eigenvalue weighted by atomic mass is 10.00. The number of methoxy groups -OCH3 is 1. The molecule has 6 heteroatoms. The summed E-state index contributed by atoms with van der Waals surface area (Å²) in [5, 5.41) is 4.25. The molecule has 4 nitrogen and oxygen atoms in total. The van der Waals surface area contributed by atoms with Crippen molar-refractivity contribution in [3.63, 3.8) is 0 Å². The Balaban J connectivity index is 1.77. The summed E-state index contributed by atoms with van der Waals surface area (Å²) in [5.74, 6) is -0.163. The first-order chi connectivity index (χ1) is 10.3. The van der Waals surface area contributed by atoms with Gasteiger partial charge in [-0.3, -0.25) is 9.20 Å². The predicted molar refractivity (Wildman–Crippen MR) is 84.1 cm³/mol. The van der Waals surface area contributed by atoms with E-state index in [-0.39, 0.29) is 5.97 Å². The van der Waals surface area contributed by atoms with Crippen LogP contribution < -0.4 is 0 Å². The molecule has 4 rings (SSSR count). The number of ether oxygens (including phenoxy) is 1. The molecule has 1 aliphatic rings. The predicted octanol–water partition coefficient (Wildman–Crippen LogP) is 3.33. The van der Waals surface area contributed by atoms with E-state index in [0.717, 1.165) is 29.2 Å². The van der Waals surface area contributed by atoms with Crippen LogP contribution in [-0.2, 0) is 28.8 Å². The Hall–Kier alpha value is -1.66. The van der Waals surface area contributed by atoms with Gasteiger partial charge in [-0.05, 0) is 30.7 Å². The molecule has 3 heterocycles. The Morgan fingerprint density at radius 2 is 2.33 bits per heavy atom. The summed E-state index contributed by atoms with van der Waals surface area (Å²) in [5.41, 5.74) is 4.87. The molecule has 0 unspecified atom stereocenters. The number of thiazole rings is 1. The van der Waals surface area contributed by atoms with E-state index < -0.39 is 0 Å². The third-order valence-corrected chi connectivity index (χ3v) is 5.79. The molecule has 0 aliphatic heterocycles. The van der Waals surface area contributed by atoms with Crippen molar-refractivity contribution >= 4 is 33.6 Å². The summed E-state index contributed by atoms with van der Waals surface area (Å²) in [7, 11) is 1.43. The van der Waals surface area contributed by atoms with Crippen LogP contribution in [0.1, 0.15) is 22.7 Å². The topological polar surface area (TPSA) is 43.6 Å². The lowest BCUT2D eigenvalue weighted by Crippen LogP contribution is -2.07. The highest BCUT2D eigenvalue weighted by atomic mass is 32.1. The summed E-state index contributed by atoms with van der Waals surface area (Å²) in [6.45, 7) is 0. The van der Waals surface area contributed by atoms with Crippen molar-refractivity contribution in [3.8, 4) is 11.3 Å². The highest BCUT2D eigenvalue weighted by Crippen LogP contribution is 2.38. The number of carbonyl (C=O) groups excluding carboxylic acids is 1. The van der Waals surface area contributed by atoms with Gasteiger partial charge in [0, 0.05) is 21.5 Å². The van der Waals surface area contributed by atoms with E-state index in [2.05, 4.69) is 21.2 Å². The third-order valence-electron chi connectivity index (χ3n) is 3.93. The number of aryl methyl sites for hydroxylation is 3. The van der Waals surface area contributed by atoms with Crippen LogP contribution in [0, 0.1) is 0 Å². The van der Waals surface area contributed by atoms with Gasteiger partial charge >= 0.3 is 5.97 Å². The SMILES string of the molecule is COC(=O)CCc1csc2nc3c(n12)CCc1sccc1-3. The molecule has 0 saturated heterocycles. The highest BCUT2D eigenvalue weighted by Gasteiger charge is 2.24. The molecule has 21 heavy (non-hydrogen) atoms. The average molecular weight is 318 g/mol. The molecule has 108 valence electrons. The number of aromatic nitrogens is 2. The average Bonchev–Trinajstić information content (AvgIpc) is 3.18. The minimum absolute atomic E-state index is 0.163. The van der Waals surface area contributed by atoms with Crippen LogP contribution in [0.2, 0.25) is 0 Å². The van der Waals surface area contributed by atoms with Crippen LogP contribution in [0.15, 0.2) is 16.8 Å². The second-order valence-corrected chi connectivity index (χ2v) is 6.92. The first-order valence-corrected chi connectivity index (χ1v) is 8.65. The Bertz CT molecular complexity index is 828. The maximum atomic E-state index is 11.4. The number of nitrogens with zero attached hydrogens (tertiary/aromatic N) is 2. The molecule has 0 saturated carbocycles. The molecule has 1 aliphatic carbocycles. The van der Waals surface area contributed by atoms with Crippen LogP contribution in [0.4, 0.5) is 0 Å². The van der Waals surface area contributed by atoms with Crippen molar-refractivity contribution in [1.29, 1.82) is 0 Å². The molecule has 0 radical (unpaired) electrons. The molecule has 0 bridgehead atoms. The van der Waals surface area contributed by atoms with E-state index in [4.69, 9.17) is 9.72 Å². The zero-order chi connectivity index (χ0) is 14.4. The van der Waals surface area contributed by atoms with Gasteiger partial charge in [-0.2, -0.15) is 0 Å². The van der Waals surface area contributed by atoms with Crippen LogP contribution >= 0.6 is 22.7 Å². The van der Waals surface area contributed by atoms with E-state index in [1.54, 1.807) is 11.3 Å². The van der Waals surface area contributed by atoms with Gasteiger partial charge in [-0.15, -0.1) is 22.7 Å². The zero-order valence-corrected chi connectivity index (χ0v) is 13.2. The van der Waals surface area contributed by atoms with Gasteiger partial charge in [0.25, 0.3) is 0 Å². The van der Waals surface area contributed by atoms with Crippen molar-refractivity contribution in [2.75, 3.05) is 7.11 Å². The lowest BCUT2D eigenvalue weighted by Gasteiger charge is -2.12. The van der Waals surface area contributed by atoms with Crippen LogP contribution in [0.25, 0.3) is 16.2 Å². The summed E-state index contributed by atoms with van der Waals surface area (Å²) in [6, 6.07) is 2.17. The van der Waals surface area contributed by atoms with Gasteiger partial charge in [0.2, 0.25) is 0 Å². The molecule has 0 aromatic carbocycles. The quantitative estimate of drug-likeness (QED) is 0.696. The maximum absolute atomic E-state index is 11.4. The highest BCUT2D eigenvalue weighted by molar-refractivity contribution is 7.15. The summed E-state index contributed by atoms with van der Waals surface area (Å²) >= 11 is 3.46. The monoisotopic (exact) mass is 318 g/mol. The molecular weight excluding hydrogens is 304 g/mol. The van der Waals surface area contributed by atoms with Gasteiger partial charge < -0.3 is 4.74 Å². The smallest absolute Gasteiger partial charge is 0.305 e. The molecule has 3 aromatic rings. The van der Waals surface area contributed by atoms with Crippen LogP contribution in [0.3, 0.4) is 0 Å². The number of thiophene rings is 1. The van der Waals surface area contributed by atoms with E-state index in [9.17, 15) is 4.79 Å². The number of hydrogen-bond acceptors (Lipinski definition) is 5. The van der Waals surface area contributed by atoms with E-state index in [1.807, 2.05) is 11.3 Å². The second-order valence-electron chi connectivity index (χ2n) is 5.09. The van der Waals surface area contributed by atoms with Crippen molar-refractivity contribution in [1.82, 2.24) is 9.38 Å². The molecule has 0 amide bonds. The number of esters is 1. The maximum Gasteiger partial charge on any atom is 0.305 e. The Kier molecular flexibility index (Phi) is 3.08. The van der Waals surface area contributed by atoms with Gasteiger partial charge in [0.15, 0.2) is 4.96 Å². The molecule has 0 atom stereocenters. The van der Waals surface area contributed by atoms with E-state index >= 15 is 0 Å². The number of carbonyl (C=O) groups is 1. The molecule has 0 spiro atoms. The standard InChI is InChI=1S/C15H14N2O2S2/c1-19-13(18)5-2-9-8-21-15-16-14-10-6-7-20-12(10)4-3-11(14)17(9)15/h6-8H,2-5H2,1H3. The molecule has 3 aromatic heterocycles. The van der Waals surface area contributed by atoms with Gasteiger partial charge in [-0.25, -0.2) is 4.98 Å². The zero-order valence-electron chi connectivity index (χ0n) is 11.6. The molecule has 0 N–H and O–H groups in total. The largest absolute Gasteiger partial charge is 0.469 e. The Morgan fingerprint density at radius 3 is 3.19 bits per heavy atom. The summed E-state index contributed by atoms with van der Waals surface area (Å²) in [6.07, 6.45) is 3.22. The molecule has 0 fully saturated rings. The normalized spacial score (nSPS) is 13.2. The van der Waals surface area contributed by atoms with Crippen LogP contribution in [-0.4, -0.2) is 22.5 Å². The lowest BCUT2D eigenvalue weighted by molar-refractivity contribution is -0.140. The van der Waals surface area contributed by atoms with Crippen LogP contribution in [0.5, 0.6) is 0 Å². The van der Waals surface area contributed by atoms with E-state index in [0.29, 0.717) is 12.8 Å². The van der Waals surface area contributed by atoms with Crippen molar-refractivity contribution in [3.05, 3.63) is 33.1 Å². The van der Waals surface area contributed by atoms with Crippen molar-refractivity contribution < 1.29 is 9.53 Å². The fourth-order valence-corrected chi connectivity index (χ4v) is 4.73. The Labute approximate surface area is 130 Å². The fourth-order valence-electron chi connectivity index (χ4n) is 2.91. The number of rotatable bonds is 3. The number of fused-ring (bicyclic) bond motifs is 5. The second kappa shape index (κ2) is 4.96. The van der Waals surface area contributed by atoms with Crippen molar-refractivity contribution in [2.24, 2.45) is 0 Å². The van der Waals surface area contributed by atoms with E-state index in [1.165, 1.54) is 23.2 Å². The first kappa shape index (κ1) is 13.0. The third kappa shape index (κ3) is 2.01. The first-order valence-electron chi connectivity index (χ1n) is 6.89. The molecular formula is C15H14N2O2S2. The van der Waals surface area contributed by atoms with Gasteiger partial charge in [0.1, 0.15) is 0 Å². The Morgan fingerprint density at radius 1 is 1.43 bits per heavy atom.